The summed E-state index contributed by atoms with van der Waals surface area (Å²) in [6, 6.07) is 5.12. The van der Waals surface area contributed by atoms with Crippen LogP contribution in [0.4, 0.5) is 0 Å². The molecular weight excluding hydrogens is 308 g/mol. The molecular formula is C17H22N4O3. The van der Waals surface area contributed by atoms with Crippen molar-refractivity contribution in [2.45, 2.75) is 6.04 Å². The maximum absolute atomic E-state index is 13.1. The van der Waals surface area contributed by atoms with E-state index in [9.17, 15) is 4.79 Å². The number of hydrogen-bond donors (Lipinski definition) is 1. The summed E-state index contributed by atoms with van der Waals surface area (Å²) < 4.78 is 12.5. The first-order valence-corrected chi connectivity index (χ1v) is 7.86. The molecule has 1 aromatic carbocycles. The highest BCUT2D eigenvalue weighted by molar-refractivity contribution is 5.95. The molecule has 24 heavy (non-hydrogen) atoms. The Morgan fingerprint density at radius 3 is 2.54 bits per heavy atom. The molecule has 1 N–H and O–H groups in total. The molecule has 1 aliphatic rings. The maximum atomic E-state index is 13.1. The summed E-state index contributed by atoms with van der Waals surface area (Å²) in [7, 11) is 5.09. The van der Waals surface area contributed by atoms with Crippen molar-refractivity contribution in [2.75, 3.05) is 33.9 Å². The smallest absolute Gasteiger partial charge is 0.254 e. The molecule has 3 rings (SSSR count). The van der Waals surface area contributed by atoms with Crippen LogP contribution in [0.25, 0.3) is 0 Å². The van der Waals surface area contributed by atoms with Gasteiger partial charge in [-0.15, -0.1) is 0 Å². The van der Waals surface area contributed by atoms with Gasteiger partial charge in [0.1, 0.15) is 23.4 Å². The lowest BCUT2D eigenvalue weighted by molar-refractivity contribution is 0.0620. The van der Waals surface area contributed by atoms with E-state index in [-0.39, 0.29) is 11.9 Å². The third-order valence-corrected chi connectivity index (χ3v) is 4.26. The van der Waals surface area contributed by atoms with Gasteiger partial charge in [0.15, 0.2) is 0 Å². The number of nitrogens with zero attached hydrogens (tertiary/aromatic N) is 3. The van der Waals surface area contributed by atoms with Crippen LogP contribution in [0.15, 0.2) is 30.6 Å². The fraction of sp³-hybridized carbons (Fsp3) is 0.412. The molecule has 2 heterocycles. The Morgan fingerprint density at radius 2 is 1.96 bits per heavy atom. The SMILES string of the molecule is COc1cc(OC)cc(C(=O)N2CCNCC2c2nccn2C)c1. The van der Waals surface area contributed by atoms with Crippen molar-refractivity contribution in [1.29, 1.82) is 0 Å². The number of carbonyl (C=O) groups is 1. The van der Waals surface area contributed by atoms with Gasteiger partial charge in [-0.2, -0.15) is 0 Å². The van der Waals surface area contributed by atoms with E-state index in [1.807, 2.05) is 22.7 Å². The second-order valence-electron chi connectivity index (χ2n) is 5.72. The van der Waals surface area contributed by atoms with Crippen LogP contribution in [-0.2, 0) is 7.05 Å². The summed E-state index contributed by atoms with van der Waals surface area (Å²) >= 11 is 0. The molecule has 0 saturated carbocycles. The zero-order valence-corrected chi connectivity index (χ0v) is 14.2. The van der Waals surface area contributed by atoms with Crippen LogP contribution >= 0.6 is 0 Å². The topological polar surface area (TPSA) is 68.6 Å². The van der Waals surface area contributed by atoms with E-state index in [0.717, 1.165) is 12.4 Å². The van der Waals surface area contributed by atoms with Crippen molar-refractivity contribution in [3.05, 3.63) is 42.0 Å². The number of imidazole rings is 1. The van der Waals surface area contributed by atoms with Crippen LogP contribution in [0.2, 0.25) is 0 Å². The highest BCUT2D eigenvalue weighted by Crippen LogP contribution is 2.27. The first kappa shape index (κ1) is 16.3. The minimum Gasteiger partial charge on any atom is -0.497 e. The fourth-order valence-corrected chi connectivity index (χ4v) is 2.97. The predicted molar refractivity (Wildman–Crippen MR) is 89.4 cm³/mol. The molecule has 2 aromatic rings. The number of methoxy groups -OCH3 is 2. The molecule has 1 saturated heterocycles. The van der Waals surface area contributed by atoms with E-state index < -0.39 is 0 Å². The van der Waals surface area contributed by atoms with Crippen molar-refractivity contribution in [3.8, 4) is 11.5 Å². The molecule has 7 heteroatoms. The van der Waals surface area contributed by atoms with Crippen molar-refractivity contribution >= 4 is 5.91 Å². The van der Waals surface area contributed by atoms with E-state index in [0.29, 0.717) is 30.2 Å². The van der Waals surface area contributed by atoms with E-state index in [4.69, 9.17) is 9.47 Å². The van der Waals surface area contributed by atoms with Crippen LogP contribution < -0.4 is 14.8 Å². The average Bonchev–Trinajstić information content (AvgIpc) is 3.06. The van der Waals surface area contributed by atoms with Crippen LogP contribution in [-0.4, -0.2) is 54.2 Å². The van der Waals surface area contributed by atoms with Gasteiger partial charge < -0.3 is 24.3 Å². The lowest BCUT2D eigenvalue weighted by atomic mass is 10.1. The molecule has 1 atom stereocenters. The van der Waals surface area contributed by atoms with Gasteiger partial charge in [0, 0.05) is 50.7 Å². The van der Waals surface area contributed by atoms with Crippen molar-refractivity contribution in [3.63, 3.8) is 0 Å². The van der Waals surface area contributed by atoms with Crippen LogP contribution in [0.1, 0.15) is 22.2 Å². The van der Waals surface area contributed by atoms with Gasteiger partial charge in [-0.3, -0.25) is 4.79 Å². The van der Waals surface area contributed by atoms with Gasteiger partial charge in [-0.25, -0.2) is 4.98 Å². The first-order valence-electron chi connectivity index (χ1n) is 7.86. The molecule has 1 aromatic heterocycles. The standard InChI is InChI=1S/C17H22N4O3/c1-20-6-5-19-16(20)15-11-18-4-7-21(15)17(22)12-8-13(23-2)10-14(9-12)24-3/h5-6,8-10,15,18H,4,7,11H2,1-3H3. The van der Waals surface area contributed by atoms with E-state index >= 15 is 0 Å². The Bertz CT molecular complexity index is 706. The van der Waals surface area contributed by atoms with Crippen molar-refractivity contribution in [2.24, 2.45) is 7.05 Å². The number of aromatic nitrogens is 2. The van der Waals surface area contributed by atoms with Gasteiger partial charge in [0.05, 0.1) is 14.2 Å². The zero-order chi connectivity index (χ0) is 17.1. The minimum absolute atomic E-state index is 0.0540. The summed E-state index contributed by atoms with van der Waals surface area (Å²) in [6.07, 6.45) is 3.64. The molecule has 0 radical (unpaired) electrons. The second-order valence-corrected chi connectivity index (χ2v) is 5.72. The van der Waals surface area contributed by atoms with Gasteiger partial charge in [0.25, 0.3) is 5.91 Å². The summed E-state index contributed by atoms with van der Waals surface area (Å²) in [5.41, 5.74) is 0.548. The Balaban J connectivity index is 1.93. The van der Waals surface area contributed by atoms with E-state index in [1.165, 1.54) is 0 Å². The highest BCUT2D eigenvalue weighted by atomic mass is 16.5. The summed E-state index contributed by atoms with van der Waals surface area (Å²) in [5, 5.41) is 3.34. The normalized spacial score (nSPS) is 17.6. The number of piperazine rings is 1. The first-order chi connectivity index (χ1) is 11.6. The molecule has 0 spiro atoms. The summed E-state index contributed by atoms with van der Waals surface area (Å²) in [5.74, 6) is 2.01. The molecule has 1 aliphatic heterocycles. The fourth-order valence-electron chi connectivity index (χ4n) is 2.97. The largest absolute Gasteiger partial charge is 0.497 e. The van der Waals surface area contributed by atoms with Gasteiger partial charge in [-0.1, -0.05) is 0 Å². The lowest BCUT2D eigenvalue weighted by Crippen LogP contribution is -2.49. The van der Waals surface area contributed by atoms with Gasteiger partial charge in [-0.05, 0) is 12.1 Å². The third kappa shape index (κ3) is 3.07. The maximum Gasteiger partial charge on any atom is 0.254 e. The quantitative estimate of drug-likeness (QED) is 0.913. The number of amides is 1. The van der Waals surface area contributed by atoms with E-state index in [2.05, 4.69) is 10.3 Å². The Morgan fingerprint density at radius 1 is 1.25 bits per heavy atom. The summed E-state index contributed by atoms with van der Waals surface area (Å²) in [6.45, 7) is 2.06. The third-order valence-electron chi connectivity index (χ3n) is 4.26. The second kappa shape index (κ2) is 6.92. The Labute approximate surface area is 141 Å². The molecule has 1 unspecified atom stereocenters. The van der Waals surface area contributed by atoms with Gasteiger partial charge >= 0.3 is 0 Å². The number of aryl methyl sites for hydroxylation is 1. The van der Waals surface area contributed by atoms with Crippen LogP contribution in [0, 0.1) is 0 Å². The number of carbonyl (C=O) groups excluding carboxylic acids is 1. The molecule has 7 nitrogen and oxygen atoms in total. The van der Waals surface area contributed by atoms with Gasteiger partial charge in [0.2, 0.25) is 0 Å². The number of ether oxygens (including phenoxy) is 2. The predicted octanol–water partition coefficient (Wildman–Crippen LogP) is 1.22. The highest BCUT2D eigenvalue weighted by Gasteiger charge is 2.31. The minimum atomic E-state index is -0.108. The number of nitrogens with one attached hydrogen (secondary N) is 1. The zero-order valence-electron chi connectivity index (χ0n) is 14.2. The Kier molecular flexibility index (Phi) is 4.71. The molecule has 1 fully saturated rings. The average molecular weight is 330 g/mol. The Hall–Kier alpha value is -2.54. The van der Waals surface area contributed by atoms with Crippen LogP contribution in [0.5, 0.6) is 11.5 Å². The van der Waals surface area contributed by atoms with Crippen LogP contribution in [0.3, 0.4) is 0 Å². The monoisotopic (exact) mass is 330 g/mol. The molecule has 0 bridgehead atoms. The lowest BCUT2D eigenvalue weighted by Gasteiger charge is -2.35. The molecule has 1 amide bonds. The number of benzene rings is 1. The van der Waals surface area contributed by atoms with Crippen molar-refractivity contribution in [1.82, 2.24) is 19.8 Å². The number of rotatable bonds is 4. The molecule has 0 aliphatic carbocycles. The van der Waals surface area contributed by atoms with E-state index in [1.54, 1.807) is 38.6 Å². The summed E-state index contributed by atoms with van der Waals surface area (Å²) in [4.78, 5) is 19.4. The number of hydrogen-bond acceptors (Lipinski definition) is 5. The van der Waals surface area contributed by atoms with Crippen molar-refractivity contribution < 1.29 is 14.3 Å². The molecule has 128 valence electrons.